The minimum atomic E-state index is -2.28. The molecule has 37 heavy (non-hydrogen) atoms. The number of benzene rings is 3. The third-order valence-corrected chi connectivity index (χ3v) is 6.39. The Balaban J connectivity index is 1.87. The number of hydrogen-bond acceptors (Lipinski definition) is 6. The molecule has 0 fully saturated rings. The van der Waals surface area contributed by atoms with Crippen LogP contribution in [0.25, 0.3) is 5.69 Å². The summed E-state index contributed by atoms with van der Waals surface area (Å²) in [4.78, 5) is 11.9. The number of rotatable bonds is 7. The molecule has 6 nitrogen and oxygen atoms in total. The van der Waals surface area contributed by atoms with E-state index >= 15 is 0 Å². The van der Waals surface area contributed by atoms with E-state index in [0.717, 1.165) is 0 Å². The topological polar surface area (TPSA) is 62.6 Å². The van der Waals surface area contributed by atoms with E-state index in [1.807, 2.05) is 0 Å². The number of halogens is 5. The maximum absolute atomic E-state index is 14.5. The number of nitrogens with zero attached hydrogens (tertiary/aromatic N) is 2. The van der Waals surface area contributed by atoms with Crippen LogP contribution in [0.2, 0.25) is 0 Å². The molecule has 3 aromatic carbocycles. The first-order chi connectivity index (χ1) is 17.7. The van der Waals surface area contributed by atoms with Gasteiger partial charge in [0.05, 0.1) is 35.4 Å². The third-order valence-electron chi connectivity index (χ3n) is 5.15. The molecule has 192 valence electrons. The molecule has 0 spiro atoms. The third kappa shape index (κ3) is 4.71. The Hall–Kier alpha value is -4.06. The van der Waals surface area contributed by atoms with Crippen molar-refractivity contribution in [3.05, 3.63) is 88.9 Å². The quantitative estimate of drug-likeness (QED) is 0.120. The standard InChI is InChI=1S/C25H17F5N2O4S/c1-12-22(37-23-19(29)17(27)16(26)18(28)20(23)30)24(32(31-12)13-8-5-4-6-9-13)36-25(33)14-10-7-11-15(34-2)21(14)35-3/h4-11H,1-3H3. The van der Waals surface area contributed by atoms with Crippen LogP contribution in [0.1, 0.15) is 16.1 Å². The summed E-state index contributed by atoms with van der Waals surface area (Å²) >= 11 is 0.188. The van der Waals surface area contributed by atoms with Gasteiger partial charge in [-0.25, -0.2) is 26.7 Å². The Kier molecular flexibility index (Phi) is 7.39. The van der Waals surface area contributed by atoms with E-state index < -0.39 is 40.0 Å². The van der Waals surface area contributed by atoms with Crippen molar-refractivity contribution in [2.75, 3.05) is 14.2 Å². The average Bonchev–Trinajstić information content (AvgIpc) is 3.22. The van der Waals surface area contributed by atoms with Gasteiger partial charge in [0, 0.05) is 0 Å². The lowest BCUT2D eigenvalue weighted by Gasteiger charge is -2.14. The fourth-order valence-corrected chi connectivity index (χ4v) is 4.38. The van der Waals surface area contributed by atoms with Crippen molar-refractivity contribution in [1.82, 2.24) is 9.78 Å². The minimum absolute atomic E-state index is 0.0486. The fourth-order valence-electron chi connectivity index (χ4n) is 3.41. The van der Waals surface area contributed by atoms with E-state index in [2.05, 4.69) is 5.10 Å². The Morgan fingerprint density at radius 2 is 1.43 bits per heavy atom. The summed E-state index contributed by atoms with van der Waals surface area (Å²) in [6.07, 6.45) is 0. The minimum Gasteiger partial charge on any atom is -0.493 e. The van der Waals surface area contributed by atoms with Crippen LogP contribution in [0.4, 0.5) is 22.0 Å². The van der Waals surface area contributed by atoms with Crippen LogP contribution < -0.4 is 14.2 Å². The molecular weight excluding hydrogens is 519 g/mol. The molecule has 0 unspecified atom stereocenters. The van der Waals surface area contributed by atoms with E-state index in [9.17, 15) is 26.7 Å². The molecule has 12 heteroatoms. The van der Waals surface area contributed by atoms with Crippen molar-refractivity contribution in [1.29, 1.82) is 0 Å². The summed E-state index contributed by atoms with van der Waals surface area (Å²) in [5.41, 5.74) is 0.445. The Morgan fingerprint density at radius 1 is 0.811 bits per heavy atom. The zero-order valence-electron chi connectivity index (χ0n) is 19.4. The Morgan fingerprint density at radius 3 is 2.03 bits per heavy atom. The number of aromatic nitrogens is 2. The number of esters is 1. The summed E-state index contributed by atoms with van der Waals surface area (Å²) in [5.74, 6) is -11.5. The van der Waals surface area contributed by atoms with Crippen LogP contribution in [0.15, 0.2) is 58.3 Å². The van der Waals surface area contributed by atoms with Crippen LogP contribution in [-0.4, -0.2) is 30.0 Å². The second kappa shape index (κ2) is 10.5. The molecule has 0 aliphatic heterocycles. The predicted molar refractivity (Wildman–Crippen MR) is 123 cm³/mol. The van der Waals surface area contributed by atoms with E-state index in [4.69, 9.17) is 14.2 Å². The van der Waals surface area contributed by atoms with Crippen molar-refractivity contribution >= 4 is 17.7 Å². The molecule has 0 amide bonds. The number of carbonyl (C=O) groups is 1. The summed E-state index contributed by atoms with van der Waals surface area (Å²) in [7, 11) is 2.69. The summed E-state index contributed by atoms with van der Waals surface area (Å²) in [6, 6.07) is 12.7. The number of carbonyl (C=O) groups excluding carboxylic acids is 1. The zero-order valence-corrected chi connectivity index (χ0v) is 20.3. The van der Waals surface area contributed by atoms with E-state index in [1.54, 1.807) is 36.4 Å². The maximum atomic E-state index is 14.5. The van der Waals surface area contributed by atoms with Crippen LogP contribution in [0.5, 0.6) is 17.4 Å². The number of para-hydroxylation sites is 2. The van der Waals surface area contributed by atoms with E-state index in [1.165, 1.54) is 38.0 Å². The van der Waals surface area contributed by atoms with E-state index in [-0.39, 0.29) is 45.3 Å². The highest BCUT2D eigenvalue weighted by Crippen LogP contribution is 2.43. The maximum Gasteiger partial charge on any atom is 0.348 e. The predicted octanol–water partition coefficient (Wildman–Crippen LogP) is 6.26. The first-order valence-electron chi connectivity index (χ1n) is 10.5. The summed E-state index contributed by atoms with van der Waals surface area (Å²) in [6.45, 7) is 1.43. The Labute approximate surface area is 211 Å². The van der Waals surface area contributed by atoms with Gasteiger partial charge in [0.1, 0.15) is 5.56 Å². The summed E-state index contributed by atoms with van der Waals surface area (Å²) < 4.78 is 87.5. The molecule has 0 aliphatic rings. The van der Waals surface area contributed by atoms with Gasteiger partial charge in [-0.1, -0.05) is 36.0 Å². The lowest BCUT2D eigenvalue weighted by atomic mass is 10.2. The van der Waals surface area contributed by atoms with Gasteiger partial charge in [-0.05, 0) is 31.2 Å². The Bertz CT molecular complexity index is 1470. The zero-order chi connectivity index (χ0) is 26.9. The molecule has 0 bridgehead atoms. The van der Waals surface area contributed by atoms with Gasteiger partial charge in [-0.3, -0.25) is 0 Å². The first-order valence-corrected chi connectivity index (χ1v) is 11.3. The molecule has 1 heterocycles. The highest BCUT2D eigenvalue weighted by Gasteiger charge is 2.30. The summed E-state index contributed by atoms with van der Waals surface area (Å²) in [5, 5.41) is 4.28. The van der Waals surface area contributed by atoms with Gasteiger partial charge in [-0.15, -0.1) is 0 Å². The lowest BCUT2D eigenvalue weighted by Crippen LogP contribution is -2.14. The van der Waals surface area contributed by atoms with Crippen molar-refractivity contribution in [2.45, 2.75) is 16.7 Å². The molecule has 1 aromatic heterocycles. The molecule has 4 aromatic rings. The van der Waals surface area contributed by atoms with Gasteiger partial charge in [0.2, 0.25) is 11.7 Å². The normalized spacial score (nSPS) is 10.9. The van der Waals surface area contributed by atoms with Crippen LogP contribution in [0.3, 0.4) is 0 Å². The smallest absolute Gasteiger partial charge is 0.348 e. The van der Waals surface area contributed by atoms with Gasteiger partial charge < -0.3 is 14.2 Å². The van der Waals surface area contributed by atoms with Crippen molar-refractivity contribution in [3.63, 3.8) is 0 Å². The van der Waals surface area contributed by atoms with Gasteiger partial charge in [-0.2, -0.15) is 9.78 Å². The number of methoxy groups -OCH3 is 2. The number of ether oxygens (including phenoxy) is 3. The van der Waals surface area contributed by atoms with Gasteiger partial charge in [0.15, 0.2) is 34.8 Å². The van der Waals surface area contributed by atoms with Crippen LogP contribution in [0, 0.1) is 36.0 Å². The van der Waals surface area contributed by atoms with Crippen molar-refractivity contribution in [3.8, 4) is 23.1 Å². The molecule has 0 aliphatic carbocycles. The monoisotopic (exact) mass is 536 g/mol. The first kappa shape index (κ1) is 26.0. The molecule has 0 saturated carbocycles. The SMILES string of the molecule is COc1cccc(C(=O)Oc2c(Sc3c(F)c(F)c(F)c(F)c3F)c(C)nn2-c2ccccc2)c1OC. The van der Waals surface area contributed by atoms with Gasteiger partial charge >= 0.3 is 5.97 Å². The molecule has 0 atom stereocenters. The fraction of sp³-hybridized carbons (Fsp3) is 0.120. The largest absolute Gasteiger partial charge is 0.493 e. The van der Waals surface area contributed by atoms with Crippen molar-refractivity contribution in [2.24, 2.45) is 0 Å². The molecule has 0 radical (unpaired) electrons. The highest BCUT2D eigenvalue weighted by molar-refractivity contribution is 7.99. The molecule has 0 N–H and O–H groups in total. The number of hydrogen-bond donors (Lipinski definition) is 0. The second-order valence-corrected chi connectivity index (χ2v) is 8.42. The van der Waals surface area contributed by atoms with E-state index in [0.29, 0.717) is 5.69 Å². The number of aryl methyl sites for hydroxylation is 1. The van der Waals surface area contributed by atoms with Crippen molar-refractivity contribution < 1.29 is 41.0 Å². The second-order valence-electron chi connectivity index (χ2n) is 7.40. The van der Waals surface area contributed by atoms with Crippen LogP contribution >= 0.6 is 11.8 Å². The molecular formula is C25H17F5N2O4S. The average molecular weight is 536 g/mol. The van der Waals surface area contributed by atoms with Gasteiger partial charge in [0.25, 0.3) is 0 Å². The van der Waals surface area contributed by atoms with Crippen LogP contribution in [-0.2, 0) is 0 Å². The molecule has 4 rings (SSSR count). The molecule has 0 saturated heterocycles. The lowest BCUT2D eigenvalue weighted by molar-refractivity contribution is 0.0714. The highest BCUT2D eigenvalue weighted by atomic mass is 32.2.